The summed E-state index contributed by atoms with van der Waals surface area (Å²) in [7, 11) is -0.968. The van der Waals surface area contributed by atoms with E-state index in [2.05, 4.69) is 10.2 Å². The number of hydrogen-bond acceptors (Lipinski definition) is 5. The highest BCUT2D eigenvalue weighted by Gasteiger charge is 2.34. The summed E-state index contributed by atoms with van der Waals surface area (Å²) in [6.45, 7) is 5.91. The van der Waals surface area contributed by atoms with E-state index in [-0.39, 0.29) is 35.9 Å². The second-order valence-electron chi connectivity index (χ2n) is 6.51. The van der Waals surface area contributed by atoms with Gasteiger partial charge in [-0.2, -0.15) is 0 Å². The standard InChI is InChI=1S/C15H29N3O3S.ClH/c1-3-18(14-6-9-22(20,21)12-14)15(19)11-17-7-4-13(5-8-17)10-16-2;/h13-14,16H,3-12H2,1-2H3;1H. The summed E-state index contributed by atoms with van der Waals surface area (Å²) < 4.78 is 23.2. The van der Waals surface area contributed by atoms with Crippen molar-refractivity contribution in [1.82, 2.24) is 15.1 Å². The first-order valence-corrected chi connectivity index (χ1v) is 10.1. The molecule has 0 aromatic rings. The molecular formula is C15H30ClN3O3S. The first-order valence-electron chi connectivity index (χ1n) is 8.32. The summed E-state index contributed by atoms with van der Waals surface area (Å²) in [5, 5.41) is 3.21. The monoisotopic (exact) mass is 367 g/mol. The van der Waals surface area contributed by atoms with Crippen LogP contribution in [0.15, 0.2) is 0 Å². The molecule has 0 spiro atoms. The molecule has 23 heavy (non-hydrogen) atoms. The van der Waals surface area contributed by atoms with Crippen molar-refractivity contribution in [2.24, 2.45) is 5.92 Å². The second-order valence-corrected chi connectivity index (χ2v) is 8.74. The minimum absolute atomic E-state index is 0. The molecule has 2 rings (SSSR count). The van der Waals surface area contributed by atoms with Crippen molar-refractivity contribution in [3.63, 3.8) is 0 Å². The van der Waals surface area contributed by atoms with Crippen LogP contribution >= 0.6 is 12.4 Å². The zero-order valence-electron chi connectivity index (χ0n) is 14.2. The molecule has 0 bridgehead atoms. The Labute approximate surface area is 146 Å². The number of nitrogens with one attached hydrogen (secondary N) is 1. The number of carbonyl (C=O) groups excluding carboxylic acids is 1. The van der Waals surface area contributed by atoms with Crippen molar-refractivity contribution in [2.45, 2.75) is 32.2 Å². The van der Waals surface area contributed by atoms with Crippen LogP contribution in [0.4, 0.5) is 0 Å². The zero-order valence-corrected chi connectivity index (χ0v) is 15.8. The molecule has 0 saturated carbocycles. The molecule has 2 aliphatic rings. The number of piperidine rings is 1. The van der Waals surface area contributed by atoms with E-state index in [1.807, 2.05) is 14.0 Å². The van der Waals surface area contributed by atoms with Crippen molar-refractivity contribution in [3.05, 3.63) is 0 Å². The van der Waals surface area contributed by atoms with Gasteiger partial charge < -0.3 is 10.2 Å². The molecule has 6 nitrogen and oxygen atoms in total. The van der Waals surface area contributed by atoms with Gasteiger partial charge in [-0.05, 0) is 58.8 Å². The van der Waals surface area contributed by atoms with Crippen LogP contribution in [-0.4, -0.2) is 81.4 Å². The fourth-order valence-corrected chi connectivity index (χ4v) is 5.31. The average Bonchev–Trinajstić information content (AvgIpc) is 2.82. The lowest BCUT2D eigenvalue weighted by Gasteiger charge is -2.34. The SMILES string of the molecule is CCN(C(=O)CN1CCC(CNC)CC1)C1CCS(=O)(=O)C1.Cl. The Morgan fingerprint density at radius 3 is 2.39 bits per heavy atom. The largest absolute Gasteiger partial charge is 0.338 e. The molecule has 1 unspecified atom stereocenters. The Balaban J connectivity index is 0.00000264. The van der Waals surface area contributed by atoms with Crippen molar-refractivity contribution >= 4 is 28.2 Å². The van der Waals surface area contributed by atoms with Gasteiger partial charge in [0.15, 0.2) is 9.84 Å². The van der Waals surface area contributed by atoms with E-state index in [1.54, 1.807) is 4.90 Å². The molecule has 136 valence electrons. The minimum Gasteiger partial charge on any atom is -0.338 e. The number of sulfone groups is 1. The Bertz CT molecular complexity index is 478. The van der Waals surface area contributed by atoms with Gasteiger partial charge >= 0.3 is 0 Å². The Morgan fingerprint density at radius 1 is 1.26 bits per heavy atom. The maximum atomic E-state index is 12.5. The van der Waals surface area contributed by atoms with Gasteiger partial charge in [0.1, 0.15) is 0 Å². The molecule has 2 fully saturated rings. The fraction of sp³-hybridized carbons (Fsp3) is 0.933. The highest BCUT2D eigenvalue weighted by Crippen LogP contribution is 2.19. The zero-order chi connectivity index (χ0) is 16.2. The third kappa shape index (κ3) is 5.89. The van der Waals surface area contributed by atoms with Crippen molar-refractivity contribution in [1.29, 1.82) is 0 Å². The van der Waals surface area contributed by atoms with Gasteiger partial charge in [-0.25, -0.2) is 8.42 Å². The third-order valence-electron chi connectivity index (χ3n) is 4.87. The van der Waals surface area contributed by atoms with Crippen LogP contribution in [-0.2, 0) is 14.6 Å². The number of rotatable bonds is 6. The molecule has 0 aromatic heterocycles. The summed E-state index contributed by atoms with van der Waals surface area (Å²) in [5.41, 5.74) is 0. The van der Waals surface area contributed by atoms with E-state index < -0.39 is 9.84 Å². The van der Waals surface area contributed by atoms with Crippen LogP contribution < -0.4 is 5.32 Å². The quantitative estimate of drug-likeness (QED) is 0.734. The molecule has 2 aliphatic heterocycles. The van der Waals surface area contributed by atoms with Crippen molar-refractivity contribution in [2.75, 3.05) is 51.3 Å². The maximum absolute atomic E-state index is 12.5. The lowest BCUT2D eigenvalue weighted by molar-refractivity contribution is -0.134. The van der Waals surface area contributed by atoms with Gasteiger partial charge in [-0.1, -0.05) is 0 Å². The third-order valence-corrected chi connectivity index (χ3v) is 6.62. The van der Waals surface area contributed by atoms with Crippen LogP contribution in [0, 0.1) is 5.92 Å². The molecular weight excluding hydrogens is 338 g/mol. The van der Waals surface area contributed by atoms with Gasteiger partial charge in [-0.3, -0.25) is 9.69 Å². The number of carbonyl (C=O) groups is 1. The number of likely N-dealkylation sites (tertiary alicyclic amines) is 1. The van der Waals surface area contributed by atoms with Crippen LogP contribution in [0.1, 0.15) is 26.2 Å². The van der Waals surface area contributed by atoms with E-state index in [0.29, 0.717) is 25.4 Å². The Hall–Kier alpha value is -0.370. The van der Waals surface area contributed by atoms with Crippen LogP contribution in [0.5, 0.6) is 0 Å². The molecule has 0 aromatic carbocycles. The van der Waals surface area contributed by atoms with Crippen LogP contribution in [0.3, 0.4) is 0 Å². The normalized spacial score (nSPS) is 25.0. The highest BCUT2D eigenvalue weighted by molar-refractivity contribution is 7.91. The minimum atomic E-state index is -2.95. The van der Waals surface area contributed by atoms with E-state index in [4.69, 9.17) is 0 Å². The van der Waals surface area contributed by atoms with Crippen molar-refractivity contribution < 1.29 is 13.2 Å². The number of amides is 1. The van der Waals surface area contributed by atoms with Gasteiger partial charge in [-0.15, -0.1) is 12.4 Å². The molecule has 2 heterocycles. The Morgan fingerprint density at radius 2 is 1.91 bits per heavy atom. The first-order chi connectivity index (χ1) is 10.4. The number of nitrogens with zero attached hydrogens (tertiary/aromatic N) is 2. The molecule has 2 saturated heterocycles. The first kappa shape index (κ1) is 20.7. The van der Waals surface area contributed by atoms with Crippen LogP contribution in [0.25, 0.3) is 0 Å². The predicted octanol–water partition coefficient (Wildman–Crippen LogP) is 0.375. The number of halogens is 1. The van der Waals surface area contributed by atoms with E-state index in [0.717, 1.165) is 32.5 Å². The lowest BCUT2D eigenvalue weighted by Crippen LogP contribution is -2.48. The maximum Gasteiger partial charge on any atom is 0.237 e. The van der Waals surface area contributed by atoms with Gasteiger partial charge in [0.2, 0.25) is 5.91 Å². The second kappa shape index (κ2) is 9.20. The predicted molar refractivity (Wildman–Crippen MR) is 94.8 cm³/mol. The lowest BCUT2D eigenvalue weighted by atomic mass is 9.97. The molecule has 1 atom stereocenters. The van der Waals surface area contributed by atoms with Gasteiger partial charge in [0, 0.05) is 12.6 Å². The van der Waals surface area contributed by atoms with Crippen LogP contribution in [0.2, 0.25) is 0 Å². The molecule has 0 aliphatic carbocycles. The Kier molecular flexibility index (Phi) is 8.27. The molecule has 1 N–H and O–H groups in total. The molecule has 0 radical (unpaired) electrons. The van der Waals surface area contributed by atoms with E-state index in [9.17, 15) is 13.2 Å². The molecule has 1 amide bonds. The van der Waals surface area contributed by atoms with Gasteiger partial charge in [0.05, 0.1) is 18.1 Å². The van der Waals surface area contributed by atoms with Gasteiger partial charge in [0.25, 0.3) is 0 Å². The average molecular weight is 368 g/mol. The summed E-state index contributed by atoms with van der Waals surface area (Å²) >= 11 is 0. The fourth-order valence-electron chi connectivity index (χ4n) is 3.58. The summed E-state index contributed by atoms with van der Waals surface area (Å²) in [6.07, 6.45) is 2.84. The summed E-state index contributed by atoms with van der Waals surface area (Å²) in [6, 6.07) is -0.121. The van der Waals surface area contributed by atoms with E-state index in [1.165, 1.54) is 0 Å². The van der Waals surface area contributed by atoms with Crippen molar-refractivity contribution in [3.8, 4) is 0 Å². The number of hydrogen-bond donors (Lipinski definition) is 1. The highest BCUT2D eigenvalue weighted by atomic mass is 35.5. The topological polar surface area (TPSA) is 69.7 Å². The van der Waals surface area contributed by atoms with E-state index >= 15 is 0 Å². The molecule has 8 heteroatoms. The smallest absolute Gasteiger partial charge is 0.237 e. The number of likely N-dealkylation sites (N-methyl/N-ethyl adjacent to an activating group) is 1. The summed E-state index contributed by atoms with van der Waals surface area (Å²) in [5.74, 6) is 1.14. The summed E-state index contributed by atoms with van der Waals surface area (Å²) in [4.78, 5) is 16.5.